The van der Waals surface area contributed by atoms with Gasteiger partial charge in [-0.05, 0) is 13.0 Å². The van der Waals surface area contributed by atoms with E-state index in [9.17, 15) is 13.2 Å². The third-order valence-corrected chi connectivity index (χ3v) is 1.92. The van der Waals surface area contributed by atoms with Gasteiger partial charge in [0.2, 0.25) is 0 Å². The Morgan fingerprint density at radius 2 is 2.00 bits per heavy atom. The summed E-state index contributed by atoms with van der Waals surface area (Å²) in [5.41, 5.74) is 0. The average Bonchev–Trinajstić information content (AvgIpc) is 2.11. The highest BCUT2D eigenvalue weighted by atomic mass is 19.4. The first-order valence-electron chi connectivity index (χ1n) is 3.80. The van der Waals surface area contributed by atoms with Crippen LogP contribution >= 0.6 is 0 Å². The Morgan fingerprint density at radius 1 is 1.33 bits per heavy atom. The summed E-state index contributed by atoms with van der Waals surface area (Å²) < 4.78 is 36.7. The van der Waals surface area contributed by atoms with Crippen LogP contribution in [0.4, 0.5) is 13.2 Å². The van der Waals surface area contributed by atoms with Crippen molar-refractivity contribution in [2.75, 3.05) is 19.6 Å². The maximum absolute atomic E-state index is 12.2. The van der Waals surface area contributed by atoms with Gasteiger partial charge in [0, 0.05) is 13.1 Å². The second-order valence-electron chi connectivity index (χ2n) is 2.83. The van der Waals surface area contributed by atoms with Gasteiger partial charge >= 0.3 is 6.18 Å². The van der Waals surface area contributed by atoms with E-state index in [0.717, 1.165) is 5.01 Å². The van der Waals surface area contributed by atoms with Gasteiger partial charge in [0.15, 0.2) is 0 Å². The van der Waals surface area contributed by atoms with Crippen molar-refractivity contribution in [3.05, 3.63) is 0 Å². The van der Waals surface area contributed by atoms with Crippen LogP contribution in [0.1, 0.15) is 6.42 Å². The van der Waals surface area contributed by atoms with Gasteiger partial charge in [0.05, 0.1) is 0 Å². The average molecular weight is 183 g/mol. The molecule has 0 spiro atoms. The van der Waals surface area contributed by atoms with Crippen molar-refractivity contribution in [1.29, 1.82) is 0 Å². The minimum absolute atomic E-state index is 0.0278. The number of nitrogens with zero attached hydrogens (tertiary/aromatic N) is 1. The number of hydrogen-bond acceptors (Lipinski definition) is 3. The molecule has 3 nitrogen and oxygen atoms in total. The van der Waals surface area contributed by atoms with E-state index in [4.69, 9.17) is 5.84 Å². The fraction of sp³-hybridized carbons (Fsp3) is 1.00. The molecule has 1 unspecified atom stereocenters. The first kappa shape index (κ1) is 9.76. The third-order valence-electron chi connectivity index (χ3n) is 1.92. The summed E-state index contributed by atoms with van der Waals surface area (Å²) in [5, 5.41) is 3.72. The van der Waals surface area contributed by atoms with Crippen LogP contribution in [0.15, 0.2) is 0 Å². The molecule has 1 rings (SSSR count). The summed E-state index contributed by atoms with van der Waals surface area (Å²) in [6, 6.07) is -1.49. The molecule has 0 aromatic heterocycles. The van der Waals surface area contributed by atoms with Crippen molar-refractivity contribution in [3.63, 3.8) is 0 Å². The predicted octanol–water partition coefficient (Wildman–Crippen LogP) is 0.0863. The zero-order valence-corrected chi connectivity index (χ0v) is 6.56. The third kappa shape index (κ3) is 2.33. The highest BCUT2D eigenvalue weighted by molar-refractivity contribution is 4.79. The normalized spacial score (nSPS) is 28.5. The molecular weight excluding hydrogens is 171 g/mol. The van der Waals surface area contributed by atoms with E-state index in [1.807, 2.05) is 0 Å². The Balaban J connectivity index is 2.59. The molecule has 12 heavy (non-hydrogen) atoms. The molecule has 0 bridgehead atoms. The van der Waals surface area contributed by atoms with E-state index >= 15 is 0 Å². The van der Waals surface area contributed by atoms with Crippen LogP contribution in [0.3, 0.4) is 0 Å². The van der Waals surface area contributed by atoms with Gasteiger partial charge < -0.3 is 5.32 Å². The van der Waals surface area contributed by atoms with Crippen molar-refractivity contribution < 1.29 is 13.2 Å². The fourth-order valence-corrected chi connectivity index (χ4v) is 1.25. The van der Waals surface area contributed by atoms with Crippen LogP contribution in [0.2, 0.25) is 0 Å². The van der Waals surface area contributed by atoms with Crippen LogP contribution < -0.4 is 11.2 Å². The van der Waals surface area contributed by atoms with E-state index < -0.39 is 12.2 Å². The van der Waals surface area contributed by atoms with Gasteiger partial charge in [0.1, 0.15) is 6.04 Å². The zero-order valence-electron chi connectivity index (χ0n) is 6.56. The lowest BCUT2D eigenvalue weighted by Gasteiger charge is -2.26. The Labute approximate surface area is 68.7 Å². The molecule has 1 atom stereocenters. The molecule has 0 amide bonds. The highest BCUT2D eigenvalue weighted by Crippen LogP contribution is 2.25. The number of rotatable bonds is 0. The molecule has 3 N–H and O–H groups in total. The molecular formula is C6H12F3N3. The van der Waals surface area contributed by atoms with Crippen molar-refractivity contribution >= 4 is 0 Å². The molecule has 72 valence electrons. The van der Waals surface area contributed by atoms with Crippen molar-refractivity contribution in [2.24, 2.45) is 5.84 Å². The Kier molecular flexibility index (Phi) is 2.92. The summed E-state index contributed by atoms with van der Waals surface area (Å²) in [7, 11) is 0. The van der Waals surface area contributed by atoms with E-state index in [1.165, 1.54) is 0 Å². The number of nitrogens with one attached hydrogen (secondary N) is 1. The Hall–Kier alpha value is -0.330. The van der Waals surface area contributed by atoms with Gasteiger partial charge in [0.25, 0.3) is 0 Å². The van der Waals surface area contributed by atoms with Crippen LogP contribution in [-0.2, 0) is 0 Å². The first-order chi connectivity index (χ1) is 5.52. The lowest BCUT2D eigenvalue weighted by atomic mass is 10.2. The number of hydrazine groups is 1. The molecule has 0 radical (unpaired) electrons. The molecule has 0 aromatic rings. The second kappa shape index (κ2) is 3.59. The number of hydrogen-bond donors (Lipinski definition) is 2. The van der Waals surface area contributed by atoms with Gasteiger partial charge in [-0.2, -0.15) is 13.2 Å². The Bertz CT molecular complexity index is 147. The fourth-order valence-electron chi connectivity index (χ4n) is 1.25. The van der Waals surface area contributed by atoms with E-state index in [1.54, 1.807) is 0 Å². The van der Waals surface area contributed by atoms with E-state index in [-0.39, 0.29) is 13.0 Å². The Morgan fingerprint density at radius 3 is 2.58 bits per heavy atom. The van der Waals surface area contributed by atoms with Crippen LogP contribution in [0, 0.1) is 0 Å². The quantitative estimate of drug-likeness (QED) is 0.523. The van der Waals surface area contributed by atoms with Crippen molar-refractivity contribution in [3.8, 4) is 0 Å². The summed E-state index contributed by atoms with van der Waals surface area (Å²) in [4.78, 5) is 0. The van der Waals surface area contributed by atoms with E-state index in [0.29, 0.717) is 13.1 Å². The maximum atomic E-state index is 12.2. The molecule has 0 aliphatic carbocycles. The lowest BCUT2D eigenvalue weighted by Crippen LogP contribution is -2.49. The molecule has 1 fully saturated rings. The molecule has 6 heteroatoms. The van der Waals surface area contributed by atoms with Crippen molar-refractivity contribution in [1.82, 2.24) is 10.3 Å². The molecule has 0 aromatic carbocycles. The minimum atomic E-state index is -4.21. The van der Waals surface area contributed by atoms with Crippen LogP contribution in [-0.4, -0.2) is 36.9 Å². The maximum Gasteiger partial charge on any atom is 0.405 e. The predicted molar refractivity (Wildman–Crippen MR) is 38.2 cm³/mol. The molecule has 1 saturated heterocycles. The summed E-state index contributed by atoms with van der Waals surface area (Å²) >= 11 is 0. The van der Waals surface area contributed by atoms with Crippen molar-refractivity contribution in [2.45, 2.75) is 18.6 Å². The van der Waals surface area contributed by atoms with Crippen LogP contribution in [0.25, 0.3) is 0 Å². The first-order valence-corrected chi connectivity index (χ1v) is 3.80. The topological polar surface area (TPSA) is 41.3 Å². The summed E-state index contributed by atoms with van der Waals surface area (Å²) in [6.45, 7) is 1.13. The van der Waals surface area contributed by atoms with Crippen LogP contribution in [0.5, 0.6) is 0 Å². The minimum Gasteiger partial charge on any atom is -0.315 e. The monoisotopic (exact) mass is 183 g/mol. The lowest BCUT2D eigenvalue weighted by molar-refractivity contribution is -0.183. The van der Waals surface area contributed by atoms with Gasteiger partial charge in [-0.25, -0.2) is 5.01 Å². The standard InChI is InChI=1S/C6H12F3N3/c7-6(8,9)5-1-2-11-3-4-12(5)10/h5,11H,1-4,10H2. The van der Waals surface area contributed by atoms with E-state index in [2.05, 4.69) is 5.32 Å². The summed E-state index contributed by atoms with van der Waals surface area (Å²) in [6.07, 6.45) is -4.18. The largest absolute Gasteiger partial charge is 0.405 e. The molecule has 1 heterocycles. The summed E-state index contributed by atoms with van der Waals surface area (Å²) in [5.74, 6) is 5.24. The smallest absolute Gasteiger partial charge is 0.315 e. The van der Waals surface area contributed by atoms with Gasteiger partial charge in [-0.1, -0.05) is 0 Å². The molecule has 1 aliphatic heterocycles. The SMILES string of the molecule is NN1CCNCCC1C(F)(F)F. The van der Waals surface area contributed by atoms with Gasteiger partial charge in [-0.15, -0.1) is 0 Å². The molecule has 1 aliphatic rings. The number of halogens is 3. The number of alkyl halides is 3. The highest BCUT2D eigenvalue weighted by Gasteiger charge is 2.42. The van der Waals surface area contributed by atoms with Gasteiger partial charge in [-0.3, -0.25) is 5.84 Å². The second-order valence-corrected chi connectivity index (χ2v) is 2.83. The molecule has 0 saturated carbocycles. The number of nitrogens with two attached hydrogens (primary N) is 1. The zero-order chi connectivity index (χ0) is 9.19.